The maximum absolute atomic E-state index is 14.6. The number of imidazole rings is 1. The Labute approximate surface area is 184 Å². The largest absolute Gasteiger partial charge is 0.371 e. The first-order valence-electron chi connectivity index (χ1n) is 10.5. The van der Waals surface area contributed by atoms with Crippen molar-refractivity contribution in [3.8, 4) is 5.69 Å². The molecule has 4 rings (SSSR count). The molecule has 0 unspecified atom stereocenters. The lowest BCUT2D eigenvalue weighted by Gasteiger charge is -2.30. The predicted molar refractivity (Wildman–Crippen MR) is 119 cm³/mol. The van der Waals surface area contributed by atoms with Crippen molar-refractivity contribution in [3.63, 3.8) is 0 Å². The van der Waals surface area contributed by atoms with E-state index in [-0.39, 0.29) is 17.8 Å². The Kier molecular flexibility index (Phi) is 6.16. The highest BCUT2D eigenvalue weighted by Crippen LogP contribution is 2.28. The molecule has 1 saturated heterocycles. The van der Waals surface area contributed by atoms with Crippen LogP contribution in [0.15, 0.2) is 48.8 Å². The van der Waals surface area contributed by atoms with Gasteiger partial charge in [0, 0.05) is 44.2 Å². The zero-order valence-corrected chi connectivity index (χ0v) is 17.8. The summed E-state index contributed by atoms with van der Waals surface area (Å²) in [5.41, 5.74) is 1.77. The number of anilines is 1. The first-order chi connectivity index (χ1) is 15.4. The Morgan fingerprint density at radius 1 is 1.16 bits per heavy atom. The molecule has 1 aromatic heterocycles. The third kappa shape index (κ3) is 4.46. The number of carbonyl (C=O) groups excluding carboxylic acids is 1. The molecule has 0 radical (unpaired) electrons. The Balaban J connectivity index is 1.53. The van der Waals surface area contributed by atoms with Crippen molar-refractivity contribution < 1.29 is 14.1 Å². The molecule has 1 aliphatic rings. The Hall–Kier alpha value is -3.75. The molecule has 2 aromatic carbocycles. The van der Waals surface area contributed by atoms with Crippen molar-refractivity contribution in [3.05, 3.63) is 81.7 Å². The number of rotatable bonds is 6. The standard InChI is InChI=1S/C23H24FN5O3/c1-16-25-9-12-28(16)22-7-5-17(13-20(22)24)15-26-23(30)19-14-18(29(31)32)6-8-21(19)27-10-3-2-4-11-27/h5-9,12-14H,2-4,10-11,15H2,1H3,(H,26,30). The van der Waals surface area contributed by atoms with E-state index in [0.29, 0.717) is 22.8 Å². The number of nitro benzene ring substituents is 1. The number of non-ortho nitro benzene ring substituents is 1. The van der Waals surface area contributed by atoms with Gasteiger partial charge in [-0.3, -0.25) is 14.9 Å². The molecule has 0 atom stereocenters. The molecule has 9 heteroatoms. The number of carbonyl (C=O) groups is 1. The Bertz CT molecular complexity index is 1150. The molecular weight excluding hydrogens is 413 g/mol. The molecule has 0 bridgehead atoms. The van der Waals surface area contributed by atoms with E-state index in [1.54, 1.807) is 42.1 Å². The molecule has 3 aromatic rings. The van der Waals surface area contributed by atoms with Crippen molar-refractivity contribution >= 4 is 17.3 Å². The summed E-state index contributed by atoms with van der Waals surface area (Å²) >= 11 is 0. The maximum Gasteiger partial charge on any atom is 0.270 e. The summed E-state index contributed by atoms with van der Waals surface area (Å²) in [6.45, 7) is 3.49. The fourth-order valence-electron chi connectivity index (χ4n) is 4.00. The van der Waals surface area contributed by atoms with Crippen molar-refractivity contribution in [2.45, 2.75) is 32.7 Å². The van der Waals surface area contributed by atoms with Crippen LogP contribution in [-0.2, 0) is 6.54 Å². The maximum atomic E-state index is 14.6. The number of aromatic nitrogens is 2. The summed E-state index contributed by atoms with van der Waals surface area (Å²) in [4.78, 5) is 29.9. The topological polar surface area (TPSA) is 93.3 Å². The zero-order chi connectivity index (χ0) is 22.7. The van der Waals surface area contributed by atoms with Gasteiger partial charge in [0.05, 0.1) is 21.9 Å². The molecule has 8 nitrogen and oxygen atoms in total. The van der Waals surface area contributed by atoms with Crippen LogP contribution in [0.3, 0.4) is 0 Å². The van der Waals surface area contributed by atoms with E-state index in [0.717, 1.165) is 32.4 Å². The predicted octanol–water partition coefficient (Wildman–Crippen LogP) is 4.15. The Morgan fingerprint density at radius 3 is 2.56 bits per heavy atom. The van der Waals surface area contributed by atoms with E-state index in [2.05, 4.69) is 15.2 Å². The molecule has 32 heavy (non-hydrogen) atoms. The van der Waals surface area contributed by atoms with Crippen molar-refractivity contribution in [1.82, 2.24) is 14.9 Å². The normalized spacial score (nSPS) is 13.8. The summed E-state index contributed by atoms with van der Waals surface area (Å²) in [6.07, 6.45) is 6.44. The number of nitrogens with zero attached hydrogens (tertiary/aromatic N) is 4. The van der Waals surface area contributed by atoms with Crippen LogP contribution in [0.5, 0.6) is 0 Å². The van der Waals surface area contributed by atoms with Gasteiger partial charge >= 0.3 is 0 Å². The van der Waals surface area contributed by atoms with Gasteiger partial charge < -0.3 is 14.8 Å². The van der Waals surface area contributed by atoms with Crippen LogP contribution in [0.4, 0.5) is 15.8 Å². The number of aryl methyl sites for hydroxylation is 1. The minimum absolute atomic E-state index is 0.0983. The van der Waals surface area contributed by atoms with E-state index in [1.165, 1.54) is 18.2 Å². The highest BCUT2D eigenvalue weighted by molar-refractivity contribution is 6.00. The fraction of sp³-hybridized carbons (Fsp3) is 0.304. The third-order valence-electron chi connectivity index (χ3n) is 5.68. The van der Waals surface area contributed by atoms with Crippen LogP contribution in [-0.4, -0.2) is 33.5 Å². The SMILES string of the molecule is Cc1nccn1-c1ccc(CNC(=O)c2cc([N+](=O)[O-])ccc2N2CCCCC2)cc1F. The number of hydrogen-bond donors (Lipinski definition) is 1. The average Bonchev–Trinajstić information content (AvgIpc) is 3.23. The first-order valence-corrected chi connectivity index (χ1v) is 10.5. The van der Waals surface area contributed by atoms with Crippen molar-refractivity contribution in [2.24, 2.45) is 0 Å². The summed E-state index contributed by atoms with van der Waals surface area (Å²) < 4.78 is 16.3. The summed E-state index contributed by atoms with van der Waals surface area (Å²) in [5, 5.41) is 14.0. The minimum Gasteiger partial charge on any atom is -0.371 e. The van der Waals surface area contributed by atoms with Crippen LogP contribution in [0.1, 0.15) is 41.0 Å². The Morgan fingerprint density at radius 2 is 1.91 bits per heavy atom. The van der Waals surface area contributed by atoms with Crippen molar-refractivity contribution in [2.75, 3.05) is 18.0 Å². The van der Waals surface area contributed by atoms with E-state index in [9.17, 15) is 19.3 Å². The molecule has 0 aliphatic carbocycles. The summed E-state index contributed by atoms with van der Waals surface area (Å²) in [7, 11) is 0. The lowest BCUT2D eigenvalue weighted by atomic mass is 10.1. The molecule has 2 heterocycles. The average molecular weight is 437 g/mol. The molecule has 166 valence electrons. The second-order valence-corrected chi connectivity index (χ2v) is 7.82. The van der Waals surface area contributed by atoms with Crippen LogP contribution in [0.25, 0.3) is 5.69 Å². The molecule has 0 spiro atoms. The van der Waals surface area contributed by atoms with Gasteiger partial charge in [0.2, 0.25) is 0 Å². The van der Waals surface area contributed by atoms with Gasteiger partial charge in [0.1, 0.15) is 11.6 Å². The number of hydrogen-bond acceptors (Lipinski definition) is 5. The van der Waals surface area contributed by atoms with E-state index in [1.807, 2.05) is 0 Å². The molecule has 1 aliphatic heterocycles. The van der Waals surface area contributed by atoms with E-state index in [4.69, 9.17) is 0 Å². The second kappa shape index (κ2) is 9.17. The van der Waals surface area contributed by atoms with Crippen molar-refractivity contribution in [1.29, 1.82) is 0 Å². The number of amides is 1. The van der Waals surface area contributed by atoms with Gasteiger partial charge in [0.15, 0.2) is 0 Å². The molecule has 1 N–H and O–H groups in total. The van der Waals surface area contributed by atoms with Crippen LogP contribution in [0.2, 0.25) is 0 Å². The highest BCUT2D eigenvalue weighted by Gasteiger charge is 2.22. The molecule has 1 amide bonds. The van der Waals surface area contributed by atoms with Gasteiger partial charge in [0.25, 0.3) is 11.6 Å². The van der Waals surface area contributed by atoms with E-state index < -0.39 is 16.6 Å². The monoisotopic (exact) mass is 437 g/mol. The van der Waals surface area contributed by atoms with E-state index >= 15 is 0 Å². The third-order valence-corrected chi connectivity index (χ3v) is 5.68. The van der Waals surface area contributed by atoms with Gasteiger partial charge in [-0.1, -0.05) is 6.07 Å². The van der Waals surface area contributed by atoms with Crippen LogP contribution in [0, 0.1) is 22.9 Å². The minimum atomic E-state index is -0.511. The molecule has 0 saturated carbocycles. The second-order valence-electron chi connectivity index (χ2n) is 7.82. The first kappa shape index (κ1) is 21.5. The lowest BCUT2D eigenvalue weighted by molar-refractivity contribution is -0.384. The summed E-state index contributed by atoms with van der Waals surface area (Å²) in [6, 6.07) is 9.11. The molecule has 1 fully saturated rings. The number of nitro groups is 1. The number of benzene rings is 2. The smallest absolute Gasteiger partial charge is 0.270 e. The lowest BCUT2D eigenvalue weighted by Crippen LogP contribution is -2.32. The summed E-state index contributed by atoms with van der Waals surface area (Å²) in [5.74, 6) is -0.188. The fourth-order valence-corrected chi connectivity index (χ4v) is 4.00. The number of piperidine rings is 1. The van der Waals surface area contributed by atoms with Gasteiger partial charge in [-0.15, -0.1) is 0 Å². The van der Waals surface area contributed by atoms with Crippen LogP contribution < -0.4 is 10.2 Å². The van der Waals surface area contributed by atoms with Gasteiger partial charge in [-0.2, -0.15) is 0 Å². The molecular formula is C23H24FN5O3. The van der Waals surface area contributed by atoms with Gasteiger partial charge in [-0.05, 0) is 49.9 Å². The highest BCUT2D eigenvalue weighted by atomic mass is 19.1. The van der Waals surface area contributed by atoms with Crippen LogP contribution >= 0.6 is 0 Å². The van der Waals surface area contributed by atoms with Gasteiger partial charge in [-0.25, -0.2) is 9.37 Å². The number of halogens is 1. The zero-order valence-electron chi connectivity index (χ0n) is 17.8. The quantitative estimate of drug-likeness (QED) is 0.462. The number of nitrogens with one attached hydrogen (secondary N) is 1.